The number of amides is 1. The van der Waals surface area contributed by atoms with Crippen molar-refractivity contribution in [2.45, 2.75) is 26.9 Å². The van der Waals surface area contributed by atoms with E-state index < -0.39 is 22.9 Å². The molecule has 1 aromatic heterocycles. The van der Waals surface area contributed by atoms with Gasteiger partial charge in [-0.3, -0.25) is 19.6 Å². The van der Waals surface area contributed by atoms with Crippen LogP contribution in [0.3, 0.4) is 0 Å². The summed E-state index contributed by atoms with van der Waals surface area (Å²) < 4.78 is 6.69. The summed E-state index contributed by atoms with van der Waals surface area (Å²) in [4.78, 5) is 34.6. The molecule has 0 bridgehead atoms. The second kappa shape index (κ2) is 8.26. The van der Waals surface area contributed by atoms with Crippen molar-refractivity contribution in [3.63, 3.8) is 0 Å². The third-order valence-electron chi connectivity index (χ3n) is 3.95. The van der Waals surface area contributed by atoms with E-state index in [1.54, 1.807) is 24.7 Å². The fraction of sp³-hybridized carbons (Fsp3) is 0.278. The number of carbonyl (C=O) groups is 2. The Morgan fingerprint density at radius 3 is 2.59 bits per heavy atom. The molecule has 1 atom stereocenters. The molecule has 27 heavy (non-hydrogen) atoms. The monoisotopic (exact) mass is 372 g/mol. The van der Waals surface area contributed by atoms with Crippen LogP contribution in [0.5, 0.6) is 0 Å². The predicted octanol–water partition coefficient (Wildman–Crippen LogP) is 2.53. The van der Waals surface area contributed by atoms with E-state index in [9.17, 15) is 19.7 Å². The van der Waals surface area contributed by atoms with Crippen LogP contribution in [-0.4, -0.2) is 32.7 Å². The van der Waals surface area contributed by atoms with Crippen molar-refractivity contribution in [2.75, 3.05) is 5.32 Å². The first-order chi connectivity index (χ1) is 12.7. The maximum absolute atomic E-state index is 12.2. The molecule has 0 aliphatic carbocycles. The van der Waals surface area contributed by atoms with Gasteiger partial charge in [0.25, 0.3) is 11.6 Å². The van der Waals surface area contributed by atoms with Gasteiger partial charge in [-0.2, -0.15) is 5.10 Å². The highest BCUT2D eigenvalue weighted by atomic mass is 16.6. The molecule has 0 unspecified atom stereocenters. The molecule has 0 aliphatic heterocycles. The number of esters is 1. The second-order valence-corrected chi connectivity index (χ2v) is 5.89. The van der Waals surface area contributed by atoms with Crippen LogP contribution < -0.4 is 5.32 Å². The first kappa shape index (κ1) is 19.8. The summed E-state index contributed by atoms with van der Waals surface area (Å²) in [6.45, 7) is 5.00. The van der Waals surface area contributed by atoms with E-state index in [2.05, 4.69) is 10.4 Å². The van der Waals surface area contributed by atoms with Crippen LogP contribution in [0.1, 0.15) is 23.9 Å². The number of aromatic nitrogens is 2. The highest BCUT2D eigenvalue weighted by molar-refractivity contribution is 5.97. The Kier molecular flexibility index (Phi) is 6.07. The molecule has 1 N–H and O–H groups in total. The largest absolute Gasteiger partial charge is 0.449 e. The Morgan fingerprint density at radius 2 is 2.00 bits per heavy atom. The lowest BCUT2D eigenvalue weighted by molar-refractivity contribution is -0.385. The third kappa shape index (κ3) is 4.78. The molecule has 0 spiro atoms. The number of hydrogen-bond acceptors (Lipinski definition) is 6. The van der Waals surface area contributed by atoms with E-state index in [-0.39, 0.29) is 11.3 Å². The fourth-order valence-corrected chi connectivity index (χ4v) is 2.40. The molecule has 0 saturated carbocycles. The predicted molar refractivity (Wildman–Crippen MR) is 99.0 cm³/mol. The normalized spacial score (nSPS) is 12.0. The maximum atomic E-state index is 12.2. The van der Waals surface area contributed by atoms with E-state index in [0.29, 0.717) is 11.4 Å². The van der Waals surface area contributed by atoms with E-state index in [1.165, 1.54) is 31.2 Å². The van der Waals surface area contributed by atoms with E-state index in [4.69, 9.17) is 4.74 Å². The summed E-state index contributed by atoms with van der Waals surface area (Å²) in [6.07, 6.45) is 1.28. The first-order valence-electron chi connectivity index (χ1n) is 8.14. The van der Waals surface area contributed by atoms with Crippen molar-refractivity contribution in [3.05, 3.63) is 57.4 Å². The molecule has 0 saturated heterocycles. The topological polar surface area (TPSA) is 116 Å². The number of benzene rings is 1. The van der Waals surface area contributed by atoms with Crippen LogP contribution in [0.25, 0.3) is 6.08 Å². The number of nitro benzene ring substituents is 1. The minimum Gasteiger partial charge on any atom is -0.449 e. The molecular weight excluding hydrogens is 352 g/mol. The number of ether oxygens (including phenoxy) is 1. The maximum Gasteiger partial charge on any atom is 0.331 e. The number of hydrogen-bond donors (Lipinski definition) is 1. The number of nitrogens with zero attached hydrogens (tertiary/aromatic N) is 3. The zero-order chi connectivity index (χ0) is 20.1. The fourth-order valence-electron chi connectivity index (χ4n) is 2.40. The molecule has 1 amide bonds. The third-order valence-corrected chi connectivity index (χ3v) is 3.95. The Bertz CT molecular complexity index is 916. The second-order valence-electron chi connectivity index (χ2n) is 5.89. The van der Waals surface area contributed by atoms with Crippen LogP contribution >= 0.6 is 0 Å². The van der Waals surface area contributed by atoms with E-state index in [1.807, 2.05) is 6.92 Å². The molecule has 142 valence electrons. The van der Waals surface area contributed by atoms with Crippen molar-refractivity contribution in [1.29, 1.82) is 0 Å². The van der Waals surface area contributed by atoms with Crippen molar-refractivity contribution in [1.82, 2.24) is 9.78 Å². The van der Waals surface area contributed by atoms with Gasteiger partial charge in [0.1, 0.15) is 0 Å². The molecular formula is C18H20N4O5. The zero-order valence-electron chi connectivity index (χ0n) is 15.4. The van der Waals surface area contributed by atoms with Crippen LogP contribution in [0, 0.1) is 24.0 Å². The molecule has 9 heteroatoms. The van der Waals surface area contributed by atoms with E-state index in [0.717, 1.165) is 11.8 Å². The Hall–Kier alpha value is -3.49. The molecule has 1 heterocycles. The van der Waals surface area contributed by atoms with Gasteiger partial charge < -0.3 is 10.1 Å². The van der Waals surface area contributed by atoms with Gasteiger partial charge >= 0.3 is 5.97 Å². The standard InChI is InChI=1S/C18H20N4O5/c1-11-17(12(2)21(4)20-11)19-18(24)13(3)27-16(23)10-9-14-7-5-6-8-15(14)22(25)26/h5-10,13H,1-4H3,(H,19,24)/b10-9+/t13-/m0/s1. The highest BCUT2D eigenvalue weighted by Crippen LogP contribution is 2.20. The molecule has 2 rings (SSSR count). The summed E-state index contributed by atoms with van der Waals surface area (Å²) in [5.41, 5.74) is 2.13. The number of para-hydroxylation sites is 1. The van der Waals surface area contributed by atoms with Crippen molar-refractivity contribution < 1.29 is 19.2 Å². The van der Waals surface area contributed by atoms with Gasteiger partial charge in [0, 0.05) is 19.2 Å². The van der Waals surface area contributed by atoms with Crippen LogP contribution in [-0.2, 0) is 21.4 Å². The number of carbonyl (C=O) groups excluding carboxylic acids is 2. The van der Waals surface area contributed by atoms with Crippen LogP contribution in [0.4, 0.5) is 11.4 Å². The number of aryl methyl sites for hydroxylation is 2. The Labute approximate surface area is 155 Å². The van der Waals surface area contributed by atoms with E-state index >= 15 is 0 Å². The SMILES string of the molecule is Cc1nn(C)c(C)c1NC(=O)[C@H](C)OC(=O)/C=C/c1ccccc1[N+](=O)[O-]. The molecule has 0 radical (unpaired) electrons. The summed E-state index contributed by atoms with van der Waals surface area (Å²) in [5.74, 6) is -1.28. The minimum absolute atomic E-state index is 0.130. The first-order valence-corrected chi connectivity index (χ1v) is 8.14. The molecule has 9 nitrogen and oxygen atoms in total. The molecule has 0 aliphatic rings. The van der Waals surface area contributed by atoms with Crippen molar-refractivity contribution in [2.24, 2.45) is 7.05 Å². The molecule has 2 aromatic rings. The highest BCUT2D eigenvalue weighted by Gasteiger charge is 2.20. The van der Waals surface area contributed by atoms with Gasteiger partial charge in [-0.05, 0) is 32.9 Å². The molecule has 0 fully saturated rings. The average Bonchev–Trinajstić information content (AvgIpc) is 2.86. The number of nitrogens with one attached hydrogen (secondary N) is 1. The van der Waals surface area contributed by atoms with Gasteiger partial charge in [0.05, 0.1) is 27.6 Å². The minimum atomic E-state index is -1.05. The van der Waals surface area contributed by atoms with Gasteiger partial charge in [0.2, 0.25) is 0 Å². The van der Waals surface area contributed by atoms with Gasteiger partial charge in [-0.1, -0.05) is 12.1 Å². The summed E-state index contributed by atoms with van der Waals surface area (Å²) >= 11 is 0. The Morgan fingerprint density at radius 1 is 1.33 bits per heavy atom. The smallest absolute Gasteiger partial charge is 0.331 e. The van der Waals surface area contributed by atoms with Gasteiger partial charge in [0.15, 0.2) is 6.10 Å². The Balaban J connectivity index is 2.01. The van der Waals surface area contributed by atoms with Crippen LogP contribution in [0.15, 0.2) is 30.3 Å². The number of anilines is 1. The number of rotatable bonds is 6. The lowest BCUT2D eigenvalue weighted by Gasteiger charge is -2.12. The lowest BCUT2D eigenvalue weighted by atomic mass is 10.1. The van der Waals surface area contributed by atoms with Gasteiger partial charge in [-0.15, -0.1) is 0 Å². The van der Waals surface area contributed by atoms with Crippen molar-refractivity contribution >= 4 is 29.3 Å². The average molecular weight is 372 g/mol. The quantitative estimate of drug-likeness (QED) is 0.360. The molecule has 1 aromatic carbocycles. The van der Waals surface area contributed by atoms with Crippen LogP contribution in [0.2, 0.25) is 0 Å². The lowest BCUT2D eigenvalue weighted by Crippen LogP contribution is -2.29. The zero-order valence-corrected chi connectivity index (χ0v) is 15.4. The summed E-state index contributed by atoms with van der Waals surface area (Å²) in [6, 6.07) is 5.99. The van der Waals surface area contributed by atoms with Crippen molar-refractivity contribution in [3.8, 4) is 0 Å². The van der Waals surface area contributed by atoms with Gasteiger partial charge in [-0.25, -0.2) is 4.79 Å². The number of nitro groups is 1. The summed E-state index contributed by atoms with van der Waals surface area (Å²) in [7, 11) is 1.76. The summed E-state index contributed by atoms with van der Waals surface area (Å²) in [5, 5.41) is 17.8.